The molecule has 4 heteroatoms. The maximum absolute atomic E-state index is 12.2. The maximum atomic E-state index is 12.2. The topological polar surface area (TPSA) is 39.1 Å². The van der Waals surface area contributed by atoms with Gasteiger partial charge in [0.1, 0.15) is 0 Å². The zero-order chi connectivity index (χ0) is 14.1. The Labute approximate surface area is 120 Å². The lowest BCUT2D eigenvalue weighted by atomic mass is 10.1. The molecule has 20 heavy (non-hydrogen) atoms. The quantitative estimate of drug-likeness (QED) is 0.692. The Morgan fingerprint density at radius 2 is 1.80 bits per heavy atom. The van der Waals surface area contributed by atoms with Crippen LogP contribution in [-0.2, 0) is 6.54 Å². The number of carbonyl (C=O) groups is 1. The Morgan fingerprint density at radius 1 is 1.10 bits per heavy atom. The predicted molar refractivity (Wildman–Crippen MR) is 81.6 cm³/mol. The van der Waals surface area contributed by atoms with Gasteiger partial charge in [0.05, 0.1) is 16.6 Å². The van der Waals surface area contributed by atoms with Gasteiger partial charge in [-0.05, 0) is 24.6 Å². The molecule has 1 aromatic heterocycles. The minimum atomic E-state index is 0.0428. The minimum absolute atomic E-state index is 0.0428. The molecule has 0 bridgehead atoms. The highest BCUT2D eigenvalue weighted by Gasteiger charge is 2.07. The molecule has 0 unspecified atom stereocenters. The molecule has 0 aliphatic rings. The molecule has 3 aromatic rings. The van der Waals surface area contributed by atoms with Gasteiger partial charge in [0.15, 0.2) is 5.78 Å². The summed E-state index contributed by atoms with van der Waals surface area (Å²) < 4.78 is 2.74. The van der Waals surface area contributed by atoms with Gasteiger partial charge in [0.25, 0.3) is 5.56 Å². The molecule has 0 N–H and O–H groups in total. The van der Waals surface area contributed by atoms with Gasteiger partial charge in [-0.1, -0.05) is 47.9 Å². The molecule has 3 nitrogen and oxygen atoms in total. The number of carbonyl (C=O) groups excluding carboxylic acids is 1. The average molecular weight is 283 g/mol. The van der Waals surface area contributed by atoms with Crippen molar-refractivity contribution in [3.63, 3.8) is 0 Å². The smallest absolute Gasteiger partial charge is 0.268 e. The number of benzene rings is 2. The first-order valence-electron chi connectivity index (χ1n) is 6.34. The molecule has 1 heterocycles. The van der Waals surface area contributed by atoms with E-state index in [9.17, 15) is 9.59 Å². The van der Waals surface area contributed by atoms with E-state index in [0.717, 1.165) is 15.6 Å². The monoisotopic (exact) mass is 283 g/mol. The Morgan fingerprint density at radius 3 is 2.45 bits per heavy atom. The summed E-state index contributed by atoms with van der Waals surface area (Å²) in [5.74, 6) is 0.0515. The number of hydrogen-bond acceptors (Lipinski definition) is 3. The zero-order valence-electron chi connectivity index (χ0n) is 11.0. The van der Waals surface area contributed by atoms with Gasteiger partial charge in [-0.2, -0.15) is 0 Å². The highest BCUT2D eigenvalue weighted by molar-refractivity contribution is 7.13. The summed E-state index contributed by atoms with van der Waals surface area (Å²) in [5.41, 5.74) is 1.75. The molecular weight excluding hydrogens is 270 g/mol. The lowest BCUT2D eigenvalue weighted by Crippen LogP contribution is -2.13. The van der Waals surface area contributed by atoms with Gasteiger partial charge in [0, 0.05) is 5.56 Å². The van der Waals surface area contributed by atoms with E-state index in [1.165, 1.54) is 11.5 Å². The van der Waals surface area contributed by atoms with Crippen molar-refractivity contribution in [3.8, 4) is 0 Å². The largest absolute Gasteiger partial charge is 0.295 e. The molecule has 0 radical (unpaired) electrons. The van der Waals surface area contributed by atoms with Crippen LogP contribution in [0.2, 0.25) is 0 Å². The summed E-state index contributed by atoms with van der Waals surface area (Å²) in [5, 5.41) is 0.762. The van der Waals surface area contributed by atoms with Crippen LogP contribution < -0.4 is 5.56 Å². The number of Topliss-reactive ketones (excluding diaryl/α,β-unsaturated/α-hetero) is 1. The van der Waals surface area contributed by atoms with Crippen molar-refractivity contribution in [1.29, 1.82) is 0 Å². The van der Waals surface area contributed by atoms with Crippen LogP contribution in [0.1, 0.15) is 22.8 Å². The van der Waals surface area contributed by atoms with Gasteiger partial charge < -0.3 is 0 Å². The predicted octanol–water partition coefficient (Wildman–Crippen LogP) is 3.31. The maximum Gasteiger partial charge on any atom is 0.268 e. The van der Waals surface area contributed by atoms with Crippen LogP contribution in [0, 0.1) is 0 Å². The van der Waals surface area contributed by atoms with Gasteiger partial charge in [0.2, 0.25) is 0 Å². The van der Waals surface area contributed by atoms with Crippen molar-refractivity contribution >= 4 is 27.4 Å². The Bertz CT molecular complexity index is 828. The molecule has 0 saturated heterocycles. The van der Waals surface area contributed by atoms with Crippen molar-refractivity contribution in [2.75, 3.05) is 0 Å². The van der Waals surface area contributed by atoms with E-state index in [0.29, 0.717) is 12.1 Å². The van der Waals surface area contributed by atoms with Gasteiger partial charge in [-0.15, -0.1) is 0 Å². The number of hydrogen-bond donors (Lipinski definition) is 0. The van der Waals surface area contributed by atoms with Crippen molar-refractivity contribution in [2.24, 2.45) is 0 Å². The molecule has 0 saturated carbocycles. The van der Waals surface area contributed by atoms with E-state index in [2.05, 4.69) is 0 Å². The summed E-state index contributed by atoms with van der Waals surface area (Å²) in [6.45, 7) is 2.09. The van der Waals surface area contributed by atoms with Crippen LogP contribution in [-0.4, -0.2) is 9.74 Å². The Hall–Kier alpha value is -2.20. The highest BCUT2D eigenvalue weighted by Crippen LogP contribution is 2.17. The van der Waals surface area contributed by atoms with Crippen LogP contribution in [0.25, 0.3) is 10.1 Å². The van der Waals surface area contributed by atoms with E-state index in [1.807, 2.05) is 36.4 Å². The van der Waals surface area contributed by atoms with Crippen LogP contribution in [0.3, 0.4) is 0 Å². The molecule has 0 aliphatic carbocycles. The fourth-order valence-corrected chi connectivity index (χ4v) is 3.16. The Kier molecular flexibility index (Phi) is 3.24. The number of fused-ring (bicyclic) bond motifs is 1. The molecule has 0 spiro atoms. The van der Waals surface area contributed by atoms with Crippen molar-refractivity contribution in [1.82, 2.24) is 3.96 Å². The summed E-state index contributed by atoms with van der Waals surface area (Å²) in [6.07, 6.45) is 0. The van der Waals surface area contributed by atoms with Crippen LogP contribution in [0.4, 0.5) is 0 Å². The van der Waals surface area contributed by atoms with Gasteiger partial charge >= 0.3 is 0 Å². The van der Waals surface area contributed by atoms with Crippen molar-refractivity contribution in [3.05, 3.63) is 70.0 Å². The van der Waals surface area contributed by atoms with E-state index in [4.69, 9.17) is 0 Å². The third kappa shape index (κ3) is 2.30. The second-order valence-electron chi connectivity index (χ2n) is 4.68. The third-order valence-electron chi connectivity index (χ3n) is 3.24. The van der Waals surface area contributed by atoms with E-state index < -0.39 is 0 Å². The Balaban J connectivity index is 1.95. The lowest BCUT2D eigenvalue weighted by Gasteiger charge is -2.02. The summed E-state index contributed by atoms with van der Waals surface area (Å²) in [4.78, 5) is 23.5. The second kappa shape index (κ2) is 5.06. The minimum Gasteiger partial charge on any atom is -0.295 e. The van der Waals surface area contributed by atoms with Crippen LogP contribution in [0.5, 0.6) is 0 Å². The van der Waals surface area contributed by atoms with Crippen molar-refractivity contribution in [2.45, 2.75) is 13.5 Å². The lowest BCUT2D eigenvalue weighted by molar-refractivity contribution is 0.101. The summed E-state index contributed by atoms with van der Waals surface area (Å²) in [7, 11) is 0. The highest BCUT2D eigenvalue weighted by atomic mass is 32.1. The standard InChI is InChI=1S/C16H13NO2S/c1-11(18)13-8-6-12(7-9-13)10-17-16(19)14-4-2-3-5-15(14)20-17/h2-9H,10H2,1H3. The molecule has 2 aromatic carbocycles. The molecular formula is C16H13NO2S. The number of aromatic nitrogens is 1. The molecule has 0 fully saturated rings. The second-order valence-corrected chi connectivity index (χ2v) is 5.75. The van der Waals surface area contributed by atoms with Crippen molar-refractivity contribution < 1.29 is 4.79 Å². The van der Waals surface area contributed by atoms with Gasteiger partial charge in [-0.3, -0.25) is 13.5 Å². The fourth-order valence-electron chi connectivity index (χ4n) is 2.13. The third-order valence-corrected chi connectivity index (χ3v) is 4.31. The van der Waals surface area contributed by atoms with E-state index in [-0.39, 0.29) is 11.3 Å². The molecule has 0 aliphatic heterocycles. The summed E-state index contributed by atoms with van der Waals surface area (Å²) in [6, 6.07) is 15.0. The van der Waals surface area contributed by atoms with Gasteiger partial charge in [-0.25, -0.2) is 0 Å². The fraction of sp³-hybridized carbons (Fsp3) is 0.125. The number of rotatable bonds is 3. The average Bonchev–Trinajstić information content (AvgIpc) is 2.77. The first-order valence-corrected chi connectivity index (χ1v) is 7.11. The number of ketones is 1. The molecule has 100 valence electrons. The van der Waals surface area contributed by atoms with E-state index in [1.54, 1.807) is 23.0 Å². The van der Waals surface area contributed by atoms with Crippen LogP contribution in [0.15, 0.2) is 53.3 Å². The zero-order valence-corrected chi connectivity index (χ0v) is 11.8. The normalized spacial score (nSPS) is 10.8. The molecule has 0 atom stereocenters. The molecule has 0 amide bonds. The van der Waals surface area contributed by atoms with E-state index >= 15 is 0 Å². The number of nitrogens with zero attached hydrogens (tertiary/aromatic N) is 1. The summed E-state index contributed by atoms with van der Waals surface area (Å²) >= 11 is 1.47. The SMILES string of the molecule is CC(=O)c1ccc(Cn2sc3ccccc3c2=O)cc1. The first kappa shape index (κ1) is 12.8. The molecule has 3 rings (SSSR count). The van der Waals surface area contributed by atoms with Crippen LogP contribution >= 0.6 is 11.5 Å². The first-order chi connectivity index (χ1) is 9.65.